The van der Waals surface area contributed by atoms with Crippen LogP contribution in [0.2, 0.25) is 0 Å². The summed E-state index contributed by atoms with van der Waals surface area (Å²) < 4.78 is 5.23. The molecule has 1 atom stereocenters. The Balaban J connectivity index is 1.89. The first-order valence-electron chi connectivity index (χ1n) is 8.94. The normalized spacial score (nSPS) is 20.7. The summed E-state index contributed by atoms with van der Waals surface area (Å²) in [5.74, 6) is -0.708. The summed E-state index contributed by atoms with van der Waals surface area (Å²) in [5, 5.41) is 4.30. The number of benzene rings is 2. The number of carbonyl (C=O) groups is 2. The smallest absolute Gasteiger partial charge is 0.320 e. The van der Waals surface area contributed by atoms with E-state index in [4.69, 9.17) is 4.74 Å². The van der Waals surface area contributed by atoms with Crippen LogP contribution < -0.4 is 5.43 Å². The van der Waals surface area contributed by atoms with Gasteiger partial charge in [-0.1, -0.05) is 48.5 Å². The summed E-state index contributed by atoms with van der Waals surface area (Å²) in [7, 11) is 0. The van der Waals surface area contributed by atoms with Gasteiger partial charge >= 0.3 is 5.97 Å². The molecule has 27 heavy (non-hydrogen) atoms. The van der Waals surface area contributed by atoms with Crippen molar-refractivity contribution in [1.82, 2.24) is 4.90 Å². The van der Waals surface area contributed by atoms with E-state index in [1.165, 1.54) is 0 Å². The molecule has 1 N–H and O–H groups in total. The van der Waals surface area contributed by atoms with Crippen LogP contribution in [0.5, 0.6) is 0 Å². The number of anilines is 1. The predicted molar refractivity (Wildman–Crippen MR) is 104 cm³/mol. The predicted octanol–water partition coefficient (Wildman–Crippen LogP) is 3.07. The van der Waals surface area contributed by atoms with Gasteiger partial charge in [-0.2, -0.15) is 5.10 Å². The van der Waals surface area contributed by atoms with Gasteiger partial charge in [0.25, 0.3) is 5.91 Å². The number of ether oxygens (including phenoxy) is 1. The SMILES string of the molecule is CCOC(=O)C1(C)CN(Cc2ccccc2)C(=O)/C1=N\Nc1ccccc1. The van der Waals surface area contributed by atoms with Crippen molar-refractivity contribution in [3.05, 3.63) is 66.2 Å². The number of hydrogen-bond acceptors (Lipinski definition) is 5. The molecule has 0 aromatic heterocycles. The van der Waals surface area contributed by atoms with Crippen molar-refractivity contribution < 1.29 is 14.3 Å². The molecule has 1 unspecified atom stereocenters. The summed E-state index contributed by atoms with van der Waals surface area (Å²) >= 11 is 0. The van der Waals surface area contributed by atoms with Crippen molar-refractivity contribution in [3.8, 4) is 0 Å². The summed E-state index contributed by atoms with van der Waals surface area (Å²) in [6.07, 6.45) is 0. The van der Waals surface area contributed by atoms with Crippen LogP contribution >= 0.6 is 0 Å². The number of esters is 1. The second-order valence-electron chi connectivity index (χ2n) is 6.64. The van der Waals surface area contributed by atoms with E-state index >= 15 is 0 Å². The topological polar surface area (TPSA) is 71.0 Å². The van der Waals surface area contributed by atoms with E-state index in [-0.39, 0.29) is 24.8 Å². The summed E-state index contributed by atoms with van der Waals surface area (Å²) in [4.78, 5) is 27.3. The van der Waals surface area contributed by atoms with Crippen molar-refractivity contribution >= 4 is 23.3 Å². The van der Waals surface area contributed by atoms with Crippen LogP contribution in [0, 0.1) is 5.41 Å². The lowest BCUT2D eigenvalue weighted by molar-refractivity contribution is -0.150. The van der Waals surface area contributed by atoms with Crippen molar-refractivity contribution in [3.63, 3.8) is 0 Å². The van der Waals surface area contributed by atoms with Crippen LogP contribution in [0.1, 0.15) is 19.4 Å². The van der Waals surface area contributed by atoms with Gasteiger partial charge in [0, 0.05) is 13.1 Å². The van der Waals surface area contributed by atoms with Gasteiger partial charge in [0.15, 0.2) is 0 Å². The molecule has 140 valence electrons. The number of rotatable bonds is 6. The zero-order valence-electron chi connectivity index (χ0n) is 15.5. The average molecular weight is 365 g/mol. The molecule has 0 aliphatic carbocycles. The van der Waals surface area contributed by atoms with Gasteiger partial charge in [-0.25, -0.2) is 0 Å². The minimum absolute atomic E-state index is 0.167. The molecule has 6 heteroatoms. The summed E-state index contributed by atoms with van der Waals surface area (Å²) in [5.41, 5.74) is 3.67. The fourth-order valence-electron chi connectivity index (χ4n) is 3.10. The van der Waals surface area contributed by atoms with E-state index in [1.807, 2.05) is 60.7 Å². The standard InChI is InChI=1S/C21H23N3O3/c1-3-27-20(26)21(2)15-24(14-16-10-6-4-7-11-16)19(25)18(21)23-22-17-12-8-5-9-13-17/h4-13,22H,3,14-15H2,1-2H3/b23-18+. The number of nitrogens with zero attached hydrogens (tertiary/aromatic N) is 2. The first-order valence-corrected chi connectivity index (χ1v) is 8.94. The Bertz CT molecular complexity index is 836. The molecule has 1 heterocycles. The molecule has 2 aromatic carbocycles. The Labute approximate surface area is 158 Å². The molecule has 1 aliphatic heterocycles. The van der Waals surface area contributed by atoms with Crippen LogP contribution in [-0.2, 0) is 20.9 Å². The van der Waals surface area contributed by atoms with E-state index in [0.29, 0.717) is 6.54 Å². The quantitative estimate of drug-likeness (QED) is 0.631. The Kier molecular flexibility index (Phi) is 5.54. The largest absolute Gasteiger partial charge is 0.465 e. The highest BCUT2D eigenvalue weighted by Gasteiger charge is 2.52. The second-order valence-corrected chi connectivity index (χ2v) is 6.64. The third-order valence-electron chi connectivity index (χ3n) is 4.53. The Morgan fingerprint density at radius 2 is 1.78 bits per heavy atom. The zero-order valence-corrected chi connectivity index (χ0v) is 15.5. The van der Waals surface area contributed by atoms with Gasteiger partial charge in [0.1, 0.15) is 11.1 Å². The van der Waals surface area contributed by atoms with Crippen LogP contribution in [-0.4, -0.2) is 35.6 Å². The number of hydrogen-bond donors (Lipinski definition) is 1. The first-order chi connectivity index (χ1) is 13.0. The molecule has 3 rings (SSSR count). The highest BCUT2D eigenvalue weighted by atomic mass is 16.5. The van der Waals surface area contributed by atoms with Gasteiger partial charge < -0.3 is 9.64 Å². The van der Waals surface area contributed by atoms with E-state index in [1.54, 1.807) is 18.7 Å². The van der Waals surface area contributed by atoms with Gasteiger partial charge in [0.05, 0.1) is 12.3 Å². The minimum Gasteiger partial charge on any atom is -0.465 e. The highest BCUT2D eigenvalue weighted by molar-refractivity contribution is 6.46. The molecule has 0 bridgehead atoms. The van der Waals surface area contributed by atoms with Crippen LogP contribution in [0.15, 0.2) is 65.8 Å². The zero-order chi connectivity index (χ0) is 19.3. The number of carbonyl (C=O) groups excluding carboxylic acids is 2. The van der Waals surface area contributed by atoms with Crippen molar-refractivity contribution in [2.24, 2.45) is 10.5 Å². The van der Waals surface area contributed by atoms with Crippen LogP contribution in [0.4, 0.5) is 5.69 Å². The molecular formula is C21H23N3O3. The third-order valence-corrected chi connectivity index (χ3v) is 4.53. The second kappa shape index (κ2) is 8.03. The van der Waals surface area contributed by atoms with Crippen molar-refractivity contribution in [1.29, 1.82) is 0 Å². The monoisotopic (exact) mass is 365 g/mol. The minimum atomic E-state index is -1.12. The van der Waals surface area contributed by atoms with E-state index < -0.39 is 11.4 Å². The molecule has 1 saturated heterocycles. The molecule has 1 aliphatic rings. The van der Waals surface area contributed by atoms with Gasteiger partial charge in [-0.15, -0.1) is 0 Å². The summed E-state index contributed by atoms with van der Waals surface area (Å²) in [6, 6.07) is 19.0. The number of hydrazone groups is 1. The molecule has 2 aromatic rings. The lowest BCUT2D eigenvalue weighted by atomic mass is 9.88. The fourth-order valence-corrected chi connectivity index (χ4v) is 3.10. The van der Waals surface area contributed by atoms with Gasteiger partial charge in [0.2, 0.25) is 0 Å². The van der Waals surface area contributed by atoms with Crippen molar-refractivity contribution in [2.75, 3.05) is 18.6 Å². The molecule has 0 spiro atoms. The Morgan fingerprint density at radius 1 is 1.15 bits per heavy atom. The maximum Gasteiger partial charge on any atom is 0.320 e. The first kappa shape index (κ1) is 18.6. The Hall–Kier alpha value is -3.15. The molecular weight excluding hydrogens is 342 g/mol. The van der Waals surface area contributed by atoms with Gasteiger partial charge in [-0.05, 0) is 31.5 Å². The highest BCUT2D eigenvalue weighted by Crippen LogP contribution is 2.31. The third kappa shape index (κ3) is 4.00. The van der Waals surface area contributed by atoms with E-state index in [9.17, 15) is 9.59 Å². The van der Waals surface area contributed by atoms with Gasteiger partial charge in [-0.3, -0.25) is 15.0 Å². The fraction of sp³-hybridized carbons (Fsp3) is 0.286. The molecule has 0 saturated carbocycles. The van der Waals surface area contributed by atoms with E-state index in [2.05, 4.69) is 10.5 Å². The average Bonchev–Trinajstić information content (AvgIpc) is 2.93. The molecule has 1 fully saturated rings. The van der Waals surface area contributed by atoms with Crippen molar-refractivity contribution in [2.45, 2.75) is 20.4 Å². The maximum atomic E-state index is 13.0. The maximum absolute atomic E-state index is 13.0. The van der Waals surface area contributed by atoms with Crippen LogP contribution in [0.25, 0.3) is 0 Å². The number of amides is 1. The van der Waals surface area contributed by atoms with E-state index in [0.717, 1.165) is 11.3 Å². The lowest BCUT2D eigenvalue weighted by Crippen LogP contribution is -2.38. The number of likely N-dealkylation sites (tertiary alicyclic amines) is 1. The molecule has 0 radical (unpaired) electrons. The number of nitrogens with one attached hydrogen (secondary N) is 1. The van der Waals surface area contributed by atoms with Crippen LogP contribution in [0.3, 0.4) is 0 Å². The summed E-state index contributed by atoms with van der Waals surface area (Å²) in [6.45, 7) is 4.35. The Morgan fingerprint density at radius 3 is 2.41 bits per heavy atom. The molecule has 6 nitrogen and oxygen atoms in total. The lowest BCUT2D eigenvalue weighted by Gasteiger charge is -2.22. The number of para-hydroxylation sites is 1. The molecule has 1 amide bonds.